The van der Waals surface area contributed by atoms with Crippen LogP contribution in [0, 0.1) is 23.7 Å². The smallest absolute Gasteiger partial charge is 0.300 e. The van der Waals surface area contributed by atoms with Crippen molar-refractivity contribution >= 4 is 39.8 Å². The van der Waals surface area contributed by atoms with Crippen LogP contribution < -0.4 is 27.0 Å². The number of anilines is 1. The van der Waals surface area contributed by atoms with Gasteiger partial charge >= 0.3 is 11.7 Å². The number of aromatic nitrogens is 7. The number of hydrogen-bond acceptors (Lipinski definition) is 10. The summed E-state index contributed by atoms with van der Waals surface area (Å²) in [5.41, 5.74) is 2.17. The molecule has 4 aliphatic carbocycles. The van der Waals surface area contributed by atoms with Gasteiger partial charge < -0.3 is 9.13 Å². The lowest BCUT2D eigenvalue weighted by molar-refractivity contribution is -0.117. The van der Waals surface area contributed by atoms with Crippen molar-refractivity contribution in [3.63, 3.8) is 0 Å². The largest absolute Gasteiger partial charge is 0.349 e. The summed E-state index contributed by atoms with van der Waals surface area (Å²) in [4.78, 5) is 83.0. The minimum Gasteiger partial charge on any atom is -0.300 e. The average Bonchev–Trinajstić information content (AvgIpc) is 3.95. The molecule has 2 N–H and O–H groups in total. The van der Waals surface area contributed by atoms with Crippen LogP contribution in [0.5, 0.6) is 0 Å². The van der Waals surface area contributed by atoms with E-state index in [2.05, 4.69) is 35.2 Å². The zero-order valence-electron chi connectivity index (χ0n) is 41.0. The molecule has 4 unspecified atom stereocenters. The number of carbonyl (C=O) groups excluding carboxylic acids is 2. The minimum absolute atomic E-state index is 0.0599. The molecule has 8 heterocycles. The van der Waals surface area contributed by atoms with Gasteiger partial charge in [-0.25, -0.2) is 19.6 Å². The number of H-pyrrole nitrogens is 1. The second kappa shape index (κ2) is 18.5. The molecule has 12 atom stereocenters. The fourth-order valence-electron chi connectivity index (χ4n) is 16.6. The Hall–Kier alpha value is -5.48. The Bertz CT molecular complexity index is 2980. The van der Waals surface area contributed by atoms with E-state index in [9.17, 15) is 24.0 Å². The highest BCUT2D eigenvalue weighted by atomic mass is 16.2. The van der Waals surface area contributed by atoms with E-state index in [1.165, 1.54) is 127 Å². The van der Waals surface area contributed by atoms with E-state index in [-0.39, 0.29) is 41.4 Å². The average molecular weight is 964 g/mol. The van der Waals surface area contributed by atoms with Crippen LogP contribution >= 0.6 is 0 Å². The maximum absolute atomic E-state index is 13.9. The summed E-state index contributed by atoms with van der Waals surface area (Å²) in [6.45, 7) is -0.160. The van der Waals surface area contributed by atoms with Gasteiger partial charge in [0.1, 0.15) is 12.9 Å². The molecular weight excluding hydrogens is 895 g/mol. The van der Waals surface area contributed by atoms with Crippen LogP contribution in [0.3, 0.4) is 0 Å². The molecule has 5 aromatic rings. The molecule has 374 valence electrons. The number of piperidine rings is 4. The SMILES string of the molecule is O=C1CN(c2nc3ccccc3n(C3C[C@H]4CCC[C@@H](C3)N4C3C[C@H]4CCC[C@@H](C3)C4)c2=O)C(=O)N1.O=c1[nH]cnn1-c1nc2ccccc2n(C2C[C@H]3CCC[C@@H](C2)N3C2C[C@H]3CCC[C@@H](C2)C3)c1=O. The van der Waals surface area contributed by atoms with E-state index < -0.39 is 17.6 Å². The highest BCUT2D eigenvalue weighted by molar-refractivity contribution is 6.11. The van der Waals surface area contributed by atoms with Crippen LogP contribution in [0.25, 0.3) is 27.9 Å². The number of imide groups is 1. The molecule has 3 amide bonds. The van der Waals surface area contributed by atoms with Crippen molar-refractivity contribution in [2.45, 2.75) is 190 Å². The van der Waals surface area contributed by atoms with Gasteiger partial charge in [-0.05, 0) is 138 Å². The van der Waals surface area contributed by atoms with E-state index >= 15 is 0 Å². The third kappa shape index (κ3) is 8.28. The number of fused-ring (bicyclic) bond motifs is 10. The summed E-state index contributed by atoms with van der Waals surface area (Å²) in [7, 11) is 0. The summed E-state index contributed by atoms with van der Waals surface area (Å²) in [5, 5.41) is 6.35. The van der Waals surface area contributed by atoms with Crippen LogP contribution in [0.4, 0.5) is 10.6 Å². The van der Waals surface area contributed by atoms with E-state index in [1.807, 2.05) is 57.7 Å². The van der Waals surface area contributed by atoms with Crippen LogP contribution in [0.2, 0.25) is 0 Å². The third-order valence-corrected chi connectivity index (χ3v) is 19.1. The number of urea groups is 1. The maximum atomic E-state index is 13.9. The fourth-order valence-corrected chi connectivity index (χ4v) is 16.6. The minimum atomic E-state index is -0.569. The van der Waals surface area contributed by atoms with Gasteiger partial charge in [0.25, 0.3) is 11.1 Å². The Labute approximate surface area is 413 Å². The van der Waals surface area contributed by atoms with Gasteiger partial charge in [0.05, 0.1) is 22.1 Å². The molecule has 9 fully saturated rings. The van der Waals surface area contributed by atoms with Crippen LogP contribution in [-0.2, 0) is 4.79 Å². The van der Waals surface area contributed by atoms with Crippen molar-refractivity contribution in [1.82, 2.24) is 49.0 Å². The maximum Gasteiger partial charge on any atom is 0.349 e. The number of para-hydroxylation sites is 4. The van der Waals surface area contributed by atoms with E-state index in [4.69, 9.17) is 0 Å². The molecular formula is C55H69N11O5. The number of carbonyl (C=O) groups is 2. The second-order valence-corrected chi connectivity index (χ2v) is 23.3. The number of hydrogen-bond donors (Lipinski definition) is 2. The summed E-state index contributed by atoms with van der Waals surface area (Å²) in [5.74, 6) is 3.41. The number of amides is 3. The molecule has 14 rings (SSSR count). The molecule has 0 radical (unpaired) electrons. The van der Waals surface area contributed by atoms with Crippen molar-refractivity contribution in [2.75, 3.05) is 11.4 Å². The van der Waals surface area contributed by atoms with Crippen molar-refractivity contribution in [3.8, 4) is 5.82 Å². The Morgan fingerprint density at radius 3 is 1.34 bits per heavy atom. The van der Waals surface area contributed by atoms with Gasteiger partial charge in [-0.2, -0.15) is 9.78 Å². The van der Waals surface area contributed by atoms with Gasteiger partial charge in [0.15, 0.2) is 0 Å². The van der Waals surface area contributed by atoms with E-state index in [0.717, 1.165) is 76.6 Å². The normalized spacial score (nSPS) is 33.9. The molecule has 3 aromatic heterocycles. The van der Waals surface area contributed by atoms with Gasteiger partial charge in [-0.15, -0.1) is 0 Å². The van der Waals surface area contributed by atoms with Crippen LogP contribution in [-0.4, -0.2) is 98.4 Å². The van der Waals surface area contributed by atoms with E-state index in [0.29, 0.717) is 35.7 Å². The zero-order valence-corrected chi connectivity index (χ0v) is 41.0. The summed E-state index contributed by atoms with van der Waals surface area (Å²) < 4.78 is 4.95. The predicted octanol–water partition coefficient (Wildman–Crippen LogP) is 7.78. The molecule has 5 aliphatic heterocycles. The molecule has 9 aliphatic rings. The predicted molar refractivity (Wildman–Crippen MR) is 271 cm³/mol. The Kier molecular flexibility index (Phi) is 11.8. The number of rotatable bonds is 6. The van der Waals surface area contributed by atoms with Crippen molar-refractivity contribution in [1.29, 1.82) is 0 Å². The number of nitrogens with zero attached hydrogens (tertiary/aromatic N) is 9. The Morgan fingerprint density at radius 2 is 0.901 bits per heavy atom. The molecule has 8 bridgehead atoms. The third-order valence-electron chi connectivity index (χ3n) is 19.1. The van der Waals surface area contributed by atoms with Crippen LogP contribution in [0.1, 0.15) is 153 Å². The zero-order chi connectivity index (χ0) is 47.9. The highest BCUT2D eigenvalue weighted by Crippen LogP contribution is 2.49. The lowest BCUT2D eigenvalue weighted by Gasteiger charge is -2.55. The molecule has 2 aromatic carbocycles. The first kappa shape index (κ1) is 45.4. The second-order valence-electron chi connectivity index (χ2n) is 23.3. The van der Waals surface area contributed by atoms with Gasteiger partial charge in [0.2, 0.25) is 17.5 Å². The molecule has 0 spiro atoms. The standard InChI is InChI=1S/C28H35N5O3.C27H34N6O2/c34-25-16-31(28(36)30-25)26-27(35)33(24-10-2-1-9-23(24)29-26)22-14-19-7-4-8-20(15-22)32(19)21-12-17-5-3-6-18(11-17)13-21;34-26-25(33-27(35)28-16-29-33)30-23-9-1-2-10-24(23)32(26)22-14-19-7-4-8-20(15-22)31(19)21-12-17-5-3-6-18(11-17)13-21/h1-2,9-10,17-22H,3-8,11-16H2,(H,30,34,36);1-2,9-10,16-22H,3-8,11-15H2,(H,28,29,35)/t2*17-,18+,19-,20+,21?,22?. The van der Waals surface area contributed by atoms with Crippen molar-refractivity contribution in [3.05, 3.63) is 86.1 Å². The number of nitrogens with one attached hydrogen (secondary N) is 2. The molecule has 16 nitrogen and oxygen atoms in total. The first-order chi connectivity index (χ1) is 34.7. The van der Waals surface area contributed by atoms with Gasteiger partial charge in [-0.3, -0.25) is 39.4 Å². The molecule has 16 heteroatoms. The fraction of sp³-hybridized carbons (Fsp3) is 0.636. The van der Waals surface area contributed by atoms with Gasteiger partial charge in [0, 0.05) is 48.3 Å². The van der Waals surface area contributed by atoms with E-state index in [1.54, 1.807) is 0 Å². The summed E-state index contributed by atoms with van der Waals surface area (Å²) in [6.07, 6.45) is 29.5. The summed E-state index contributed by atoms with van der Waals surface area (Å²) >= 11 is 0. The first-order valence-electron chi connectivity index (χ1n) is 27.5. The van der Waals surface area contributed by atoms with Crippen molar-refractivity contribution < 1.29 is 9.59 Å². The number of aromatic amines is 1. The molecule has 4 saturated carbocycles. The Morgan fingerprint density at radius 1 is 0.465 bits per heavy atom. The Balaban J connectivity index is 0.000000139. The highest BCUT2D eigenvalue weighted by Gasteiger charge is 2.48. The lowest BCUT2D eigenvalue weighted by Crippen LogP contribution is -2.58. The van der Waals surface area contributed by atoms with Crippen molar-refractivity contribution in [2.24, 2.45) is 23.7 Å². The molecule has 5 saturated heterocycles. The lowest BCUT2D eigenvalue weighted by atomic mass is 9.68. The van der Waals surface area contributed by atoms with Gasteiger partial charge in [-0.1, -0.05) is 75.6 Å². The molecule has 71 heavy (non-hydrogen) atoms. The number of benzene rings is 2. The topological polar surface area (TPSA) is 176 Å². The van der Waals surface area contributed by atoms with Crippen LogP contribution in [0.15, 0.2) is 69.2 Å². The first-order valence-corrected chi connectivity index (χ1v) is 27.5. The monoisotopic (exact) mass is 964 g/mol. The quantitative estimate of drug-likeness (QED) is 0.160. The summed E-state index contributed by atoms with van der Waals surface area (Å²) in [6, 6.07) is 18.6.